The lowest BCUT2D eigenvalue weighted by Gasteiger charge is -2.27. The van der Waals surface area contributed by atoms with E-state index in [2.05, 4.69) is 50.5 Å². The van der Waals surface area contributed by atoms with E-state index in [0.29, 0.717) is 11.3 Å². The highest BCUT2D eigenvalue weighted by atomic mass is 16.5. The normalized spacial score (nSPS) is 15.8. The fourth-order valence-electron chi connectivity index (χ4n) is 4.91. The number of rotatable bonds is 5. The molecule has 0 bridgehead atoms. The molecule has 2 aliphatic heterocycles. The van der Waals surface area contributed by atoms with Gasteiger partial charge in [-0.3, -0.25) is 14.7 Å². The van der Waals surface area contributed by atoms with Crippen molar-refractivity contribution in [1.82, 2.24) is 14.9 Å². The number of pyridine rings is 2. The fourth-order valence-corrected chi connectivity index (χ4v) is 4.91. The number of ether oxygens (including phenoxy) is 2. The number of hydrogen-bond acceptors (Lipinski definition) is 6. The van der Waals surface area contributed by atoms with E-state index in [1.54, 1.807) is 13.3 Å². The Balaban J connectivity index is 1.27. The number of nitrogens with one attached hydrogen (secondary N) is 2. The van der Waals surface area contributed by atoms with Gasteiger partial charge in [-0.25, -0.2) is 0 Å². The standard InChI is InChI=1S/C29H28N4O3/c1-35-24-14-23(16-30-17-24)20-3-6-27-22(13-20)15-25(29(34)32-27)28-7-4-21-12-19(2-5-26(21)31-28)18-33-8-10-36-11-9-33/h2-3,5-7,12-17,31H,4,8-11,18H2,1H3,(H,32,34). The Hall–Kier alpha value is -3.94. The Morgan fingerprint density at radius 1 is 1.03 bits per heavy atom. The third-order valence-corrected chi connectivity index (χ3v) is 6.89. The topological polar surface area (TPSA) is 79.5 Å². The predicted octanol–water partition coefficient (Wildman–Crippen LogP) is 4.44. The van der Waals surface area contributed by atoms with Crippen LogP contribution in [0.1, 0.15) is 16.7 Å². The van der Waals surface area contributed by atoms with Crippen LogP contribution in [0.5, 0.6) is 5.75 Å². The zero-order valence-corrected chi connectivity index (χ0v) is 20.2. The smallest absolute Gasteiger partial charge is 0.257 e. The number of hydrogen-bond donors (Lipinski definition) is 2. The van der Waals surface area contributed by atoms with E-state index in [4.69, 9.17) is 9.47 Å². The lowest BCUT2D eigenvalue weighted by molar-refractivity contribution is 0.0342. The van der Waals surface area contributed by atoms with Crippen molar-refractivity contribution in [3.63, 3.8) is 0 Å². The minimum atomic E-state index is -0.107. The van der Waals surface area contributed by atoms with Crippen molar-refractivity contribution in [1.29, 1.82) is 0 Å². The average molecular weight is 481 g/mol. The van der Waals surface area contributed by atoms with Crippen LogP contribution in [0.2, 0.25) is 0 Å². The monoisotopic (exact) mass is 480 g/mol. The maximum absolute atomic E-state index is 13.0. The van der Waals surface area contributed by atoms with Crippen molar-refractivity contribution >= 4 is 22.3 Å². The molecule has 0 amide bonds. The molecule has 2 aromatic carbocycles. The van der Waals surface area contributed by atoms with Gasteiger partial charge in [0, 0.05) is 48.3 Å². The minimum Gasteiger partial charge on any atom is -0.495 e. The van der Waals surface area contributed by atoms with E-state index in [0.717, 1.165) is 72.7 Å². The molecule has 6 rings (SSSR count). The van der Waals surface area contributed by atoms with Crippen LogP contribution in [-0.4, -0.2) is 48.3 Å². The van der Waals surface area contributed by atoms with E-state index in [1.165, 1.54) is 11.1 Å². The number of anilines is 1. The van der Waals surface area contributed by atoms with Gasteiger partial charge in [0.05, 0.1) is 32.1 Å². The molecule has 0 atom stereocenters. The molecule has 2 N–H and O–H groups in total. The number of benzene rings is 2. The number of H-pyrrole nitrogens is 1. The number of allylic oxidation sites excluding steroid dienone is 1. The van der Waals surface area contributed by atoms with Gasteiger partial charge in [-0.2, -0.15) is 0 Å². The first kappa shape index (κ1) is 22.5. The molecule has 0 spiro atoms. The van der Waals surface area contributed by atoms with Gasteiger partial charge in [-0.1, -0.05) is 24.3 Å². The fraction of sp³-hybridized carbons (Fsp3) is 0.241. The van der Waals surface area contributed by atoms with E-state index < -0.39 is 0 Å². The summed E-state index contributed by atoms with van der Waals surface area (Å²) in [6, 6.07) is 16.5. The molecule has 0 aliphatic carbocycles. The van der Waals surface area contributed by atoms with Gasteiger partial charge >= 0.3 is 0 Å². The molecule has 7 heteroatoms. The highest BCUT2D eigenvalue weighted by Crippen LogP contribution is 2.30. The molecule has 1 saturated heterocycles. The Bertz CT molecular complexity index is 1520. The Morgan fingerprint density at radius 3 is 2.78 bits per heavy atom. The maximum atomic E-state index is 13.0. The van der Waals surface area contributed by atoms with Gasteiger partial charge in [0.2, 0.25) is 0 Å². The highest BCUT2D eigenvalue weighted by molar-refractivity contribution is 5.89. The van der Waals surface area contributed by atoms with Gasteiger partial charge in [-0.15, -0.1) is 0 Å². The molecule has 0 unspecified atom stereocenters. The molecule has 4 heterocycles. The molecule has 2 aromatic heterocycles. The molecule has 2 aliphatic rings. The third kappa shape index (κ3) is 4.51. The average Bonchev–Trinajstić information content (AvgIpc) is 2.93. The third-order valence-electron chi connectivity index (χ3n) is 6.89. The first-order valence-electron chi connectivity index (χ1n) is 12.2. The van der Waals surface area contributed by atoms with Crippen molar-refractivity contribution in [2.45, 2.75) is 13.0 Å². The summed E-state index contributed by atoms with van der Waals surface area (Å²) in [5.74, 6) is 0.707. The maximum Gasteiger partial charge on any atom is 0.257 e. The lowest BCUT2D eigenvalue weighted by Crippen LogP contribution is -2.35. The summed E-state index contributed by atoms with van der Waals surface area (Å²) < 4.78 is 10.8. The Labute approximate surface area is 209 Å². The SMILES string of the molecule is COc1cncc(-c2ccc3[nH]c(=O)c(C4=CCc5cc(CN6CCOCC6)ccc5N4)cc3c2)c1. The summed E-state index contributed by atoms with van der Waals surface area (Å²) in [5, 5.41) is 4.45. The summed E-state index contributed by atoms with van der Waals surface area (Å²) in [4.78, 5) is 22.7. The Morgan fingerprint density at radius 2 is 1.92 bits per heavy atom. The number of morpholine rings is 1. The summed E-state index contributed by atoms with van der Waals surface area (Å²) >= 11 is 0. The first-order chi connectivity index (χ1) is 17.7. The number of fused-ring (bicyclic) bond motifs is 2. The molecule has 7 nitrogen and oxygen atoms in total. The van der Waals surface area contributed by atoms with Crippen molar-refractivity contribution in [3.05, 3.63) is 94.0 Å². The van der Waals surface area contributed by atoms with Crippen LogP contribution >= 0.6 is 0 Å². The van der Waals surface area contributed by atoms with Crippen LogP contribution in [0.3, 0.4) is 0 Å². The van der Waals surface area contributed by atoms with Crippen molar-refractivity contribution < 1.29 is 9.47 Å². The van der Waals surface area contributed by atoms with E-state index in [9.17, 15) is 4.79 Å². The molecule has 0 saturated carbocycles. The van der Waals surface area contributed by atoms with Crippen molar-refractivity contribution in [2.24, 2.45) is 0 Å². The van der Waals surface area contributed by atoms with Crippen LogP contribution in [-0.2, 0) is 17.7 Å². The second-order valence-corrected chi connectivity index (χ2v) is 9.25. The zero-order valence-electron chi connectivity index (χ0n) is 20.2. The quantitative estimate of drug-likeness (QED) is 0.440. The number of nitrogens with zero attached hydrogens (tertiary/aromatic N) is 2. The predicted molar refractivity (Wildman–Crippen MR) is 142 cm³/mol. The van der Waals surface area contributed by atoms with Crippen LogP contribution in [0, 0.1) is 0 Å². The van der Waals surface area contributed by atoms with Gasteiger partial charge in [0.15, 0.2) is 0 Å². The van der Waals surface area contributed by atoms with Crippen LogP contribution in [0.25, 0.3) is 27.7 Å². The van der Waals surface area contributed by atoms with Crippen molar-refractivity contribution in [3.8, 4) is 16.9 Å². The molecular weight excluding hydrogens is 452 g/mol. The van der Waals surface area contributed by atoms with E-state index >= 15 is 0 Å². The van der Waals surface area contributed by atoms with Gasteiger partial charge < -0.3 is 19.8 Å². The van der Waals surface area contributed by atoms with Crippen LogP contribution < -0.4 is 15.6 Å². The largest absolute Gasteiger partial charge is 0.495 e. The number of methoxy groups -OCH3 is 1. The molecule has 182 valence electrons. The summed E-state index contributed by atoms with van der Waals surface area (Å²) in [6.07, 6.45) is 6.38. The molecular formula is C29H28N4O3. The Kier molecular flexibility index (Phi) is 6.01. The number of aromatic nitrogens is 2. The second-order valence-electron chi connectivity index (χ2n) is 9.25. The molecule has 1 fully saturated rings. The van der Waals surface area contributed by atoms with Gasteiger partial charge in [0.25, 0.3) is 5.56 Å². The molecule has 4 aromatic rings. The summed E-state index contributed by atoms with van der Waals surface area (Å²) in [6.45, 7) is 4.48. The van der Waals surface area contributed by atoms with E-state index in [1.807, 2.05) is 30.5 Å². The first-order valence-corrected chi connectivity index (χ1v) is 12.2. The zero-order chi connectivity index (χ0) is 24.5. The van der Waals surface area contributed by atoms with Gasteiger partial charge in [0.1, 0.15) is 5.75 Å². The van der Waals surface area contributed by atoms with Crippen molar-refractivity contribution in [2.75, 3.05) is 38.7 Å². The molecule has 0 radical (unpaired) electrons. The van der Waals surface area contributed by atoms with Crippen LogP contribution in [0.15, 0.2) is 71.8 Å². The summed E-state index contributed by atoms with van der Waals surface area (Å²) in [7, 11) is 1.63. The van der Waals surface area contributed by atoms with Gasteiger partial charge in [-0.05, 0) is 58.8 Å². The minimum absolute atomic E-state index is 0.107. The highest BCUT2D eigenvalue weighted by Gasteiger charge is 2.17. The lowest BCUT2D eigenvalue weighted by atomic mass is 9.98. The number of aromatic amines is 1. The molecule has 36 heavy (non-hydrogen) atoms. The van der Waals surface area contributed by atoms with Crippen LogP contribution in [0.4, 0.5) is 5.69 Å². The summed E-state index contributed by atoms with van der Waals surface area (Å²) in [5.41, 5.74) is 7.72. The van der Waals surface area contributed by atoms with E-state index in [-0.39, 0.29) is 5.56 Å². The second kappa shape index (κ2) is 9.60.